The molecule has 1 aromatic rings. The number of carbonyl (C=O) groups is 2. The van der Waals surface area contributed by atoms with Crippen molar-refractivity contribution in [3.63, 3.8) is 0 Å². The van der Waals surface area contributed by atoms with E-state index in [9.17, 15) is 9.59 Å². The molecule has 0 aliphatic carbocycles. The molecule has 1 aromatic carbocycles. The Balaban J connectivity index is 2.27. The molecule has 0 atom stereocenters. The van der Waals surface area contributed by atoms with Crippen LogP contribution in [0.25, 0.3) is 0 Å². The molecule has 1 rings (SSSR count). The van der Waals surface area contributed by atoms with Crippen LogP contribution in [0, 0.1) is 0 Å². The Kier molecular flexibility index (Phi) is 5.82. The first kappa shape index (κ1) is 16.3. The van der Waals surface area contributed by atoms with Crippen molar-refractivity contribution in [2.45, 2.75) is 32.9 Å². The molecular formula is C14H20ClN3O2. The molecule has 3 amide bonds. The van der Waals surface area contributed by atoms with Gasteiger partial charge >= 0.3 is 6.03 Å². The predicted molar refractivity (Wildman–Crippen MR) is 79.6 cm³/mol. The van der Waals surface area contributed by atoms with Crippen LogP contribution in [0.5, 0.6) is 0 Å². The third-order valence-corrected chi connectivity index (χ3v) is 2.54. The Morgan fingerprint density at radius 3 is 2.25 bits per heavy atom. The Morgan fingerprint density at radius 1 is 1.10 bits per heavy atom. The highest BCUT2D eigenvalue weighted by atomic mass is 35.5. The third-order valence-electron chi connectivity index (χ3n) is 2.29. The molecule has 5 nitrogen and oxygen atoms in total. The monoisotopic (exact) mass is 297 g/mol. The van der Waals surface area contributed by atoms with Gasteiger partial charge in [0.15, 0.2) is 0 Å². The van der Waals surface area contributed by atoms with Gasteiger partial charge in [-0.2, -0.15) is 0 Å². The van der Waals surface area contributed by atoms with Gasteiger partial charge in [0, 0.05) is 17.1 Å². The summed E-state index contributed by atoms with van der Waals surface area (Å²) in [6, 6.07) is 6.79. The first-order chi connectivity index (χ1) is 9.26. The van der Waals surface area contributed by atoms with Crippen LogP contribution in [0.4, 0.5) is 4.79 Å². The zero-order valence-electron chi connectivity index (χ0n) is 11.9. The number of halogens is 1. The van der Waals surface area contributed by atoms with Crippen molar-refractivity contribution < 1.29 is 9.59 Å². The molecule has 0 radical (unpaired) electrons. The molecule has 0 aliphatic rings. The van der Waals surface area contributed by atoms with Crippen molar-refractivity contribution in [2.75, 3.05) is 6.54 Å². The summed E-state index contributed by atoms with van der Waals surface area (Å²) in [6.07, 6.45) is 0. The molecule has 0 heterocycles. The molecule has 20 heavy (non-hydrogen) atoms. The predicted octanol–water partition coefficient (Wildman–Crippen LogP) is 2.05. The summed E-state index contributed by atoms with van der Waals surface area (Å²) < 4.78 is 0. The summed E-state index contributed by atoms with van der Waals surface area (Å²) in [5.74, 6) is -0.223. The normalized spacial score (nSPS) is 10.8. The Hall–Kier alpha value is -1.75. The second-order valence-corrected chi connectivity index (χ2v) is 5.90. The van der Waals surface area contributed by atoms with E-state index in [0.29, 0.717) is 11.6 Å². The maximum atomic E-state index is 11.5. The fourth-order valence-electron chi connectivity index (χ4n) is 1.47. The van der Waals surface area contributed by atoms with Gasteiger partial charge in [0.25, 0.3) is 0 Å². The number of hydrogen-bond acceptors (Lipinski definition) is 2. The van der Waals surface area contributed by atoms with E-state index < -0.39 is 0 Å². The first-order valence-corrected chi connectivity index (χ1v) is 6.71. The highest BCUT2D eigenvalue weighted by Crippen LogP contribution is 2.08. The van der Waals surface area contributed by atoms with Gasteiger partial charge in [-0.05, 0) is 38.5 Å². The number of carbonyl (C=O) groups excluding carboxylic acids is 2. The summed E-state index contributed by atoms with van der Waals surface area (Å²) >= 11 is 5.77. The van der Waals surface area contributed by atoms with E-state index in [0.717, 1.165) is 5.56 Å². The quantitative estimate of drug-likeness (QED) is 0.796. The molecule has 0 spiro atoms. The van der Waals surface area contributed by atoms with Crippen molar-refractivity contribution in [3.8, 4) is 0 Å². The highest BCUT2D eigenvalue weighted by molar-refractivity contribution is 6.30. The second-order valence-electron chi connectivity index (χ2n) is 5.46. The van der Waals surface area contributed by atoms with Crippen LogP contribution in [0.3, 0.4) is 0 Å². The molecule has 3 N–H and O–H groups in total. The van der Waals surface area contributed by atoms with Gasteiger partial charge in [-0.1, -0.05) is 23.7 Å². The Morgan fingerprint density at radius 2 is 1.70 bits per heavy atom. The fraction of sp³-hybridized carbons (Fsp3) is 0.429. The van der Waals surface area contributed by atoms with Gasteiger partial charge in [0.1, 0.15) is 0 Å². The van der Waals surface area contributed by atoms with Gasteiger partial charge in [-0.15, -0.1) is 0 Å². The van der Waals surface area contributed by atoms with Crippen LogP contribution >= 0.6 is 11.6 Å². The van der Waals surface area contributed by atoms with Gasteiger partial charge in [-0.25, -0.2) is 4.79 Å². The van der Waals surface area contributed by atoms with Crippen LogP contribution in [0.15, 0.2) is 24.3 Å². The maximum Gasteiger partial charge on any atom is 0.315 e. The van der Waals surface area contributed by atoms with Gasteiger partial charge in [0.2, 0.25) is 5.91 Å². The lowest BCUT2D eigenvalue weighted by Gasteiger charge is -2.20. The number of benzene rings is 1. The lowest BCUT2D eigenvalue weighted by Crippen LogP contribution is -2.47. The van der Waals surface area contributed by atoms with Crippen LogP contribution in [-0.4, -0.2) is 24.0 Å². The van der Waals surface area contributed by atoms with Crippen LogP contribution in [-0.2, 0) is 11.3 Å². The molecule has 110 valence electrons. The fourth-order valence-corrected chi connectivity index (χ4v) is 1.60. The van der Waals surface area contributed by atoms with Gasteiger partial charge in [0.05, 0.1) is 6.54 Å². The zero-order valence-corrected chi connectivity index (χ0v) is 12.7. The molecule has 0 saturated heterocycles. The van der Waals surface area contributed by atoms with E-state index >= 15 is 0 Å². The first-order valence-electron chi connectivity index (χ1n) is 6.33. The van der Waals surface area contributed by atoms with Crippen LogP contribution in [0.1, 0.15) is 26.3 Å². The number of rotatable bonds is 4. The minimum Gasteiger partial charge on any atom is -0.350 e. The minimum atomic E-state index is -0.385. The van der Waals surface area contributed by atoms with Crippen molar-refractivity contribution in [1.82, 2.24) is 16.0 Å². The summed E-state index contributed by atoms with van der Waals surface area (Å²) in [6.45, 7) is 5.97. The Bertz CT molecular complexity index is 466. The lowest BCUT2D eigenvalue weighted by atomic mass is 10.1. The number of urea groups is 1. The minimum absolute atomic E-state index is 0.0519. The number of nitrogens with one attached hydrogen (secondary N) is 3. The van der Waals surface area contributed by atoms with E-state index in [-0.39, 0.29) is 24.0 Å². The molecule has 0 fully saturated rings. The maximum absolute atomic E-state index is 11.5. The van der Waals surface area contributed by atoms with E-state index in [1.54, 1.807) is 12.1 Å². The summed E-state index contributed by atoms with van der Waals surface area (Å²) in [5, 5.41) is 8.57. The van der Waals surface area contributed by atoms with E-state index in [1.165, 1.54) is 0 Å². The molecule has 0 unspecified atom stereocenters. The highest BCUT2D eigenvalue weighted by Gasteiger charge is 2.13. The van der Waals surface area contributed by atoms with E-state index in [2.05, 4.69) is 16.0 Å². The van der Waals surface area contributed by atoms with Crippen molar-refractivity contribution in [3.05, 3.63) is 34.9 Å². The largest absolute Gasteiger partial charge is 0.350 e. The lowest BCUT2D eigenvalue weighted by molar-refractivity contribution is -0.121. The molecule has 0 bridgehead atoms. The molecule has 0 aliphatic heterocycles. The zero-order chi connectivity index (χ0) is 15.2. The molecule has 0 saturated carbocycles. The topological polar surface area (TPSA) is 70.2 Å². The summed E-state index contributed by atoms with van der Waals surface area (Å²) in [7, 11) is 0. The van der Waals surface area contributed by atoms with Gasteiger partial charge in [-0.3, -0.25) is 4.79 Å². The number of hydrogen-bond donors (Lipinski definition) is 3. The summed E-state index contributed by atoms with van der Waals surface area (Å²) in [4.78, 5) is 23.0. The van der Waals surface area contributed by atoms with E-state index in [1.807, 2.05) is 32.9 Å². The van der Waals surface area contributed by atoms with E-state index in [4.69, 9.17) is 11.6 Å². The van der Waals surface area contributed by atoms with Crippen LogP contribution in [0.2, 0.25) is 5.02 Å². The third kappa shape index (κ3) is 6.99. The summed E-state index contributed by atoms with van der Waals surface area (Å²) in [5.41, 5.74) is 0.627. The van der Waals surface area contributed by atoms with Crippen molar-refractivity contribution in [1.29, 1.82) is 0 Å². The average molecular weight is 298 g/mol. The van der Waals surface area contributed by atoms with Crippen molar-refractivity contribution >= 4 is 23.5 Å². The molecule has 0 aromatic heterocycles. The van der Waals surface area contributed by atoms with Crippen LogP contribution < -0.4 is 16.0 Å². The SMILES string of the molecule is CC(C)(C)NC(=O)CNC(=O)NCc1ccc(Cl)cc1. The smallest absolute Gasteiger partial charge is 0.315 e. The second kappa shape index (κ2) is 7.14. The Labute approximate surface area is 124 Å². The van der Waals surface area contributed by atoms with Crippen molar-refractivity contribution in [2.24, 2.45) is 0 Å². The molecule has 6 heteroatoms. The standard InChI is InChI=1S/C14H20ClN3O2/c1-14(2,3)18-12(19)9-17-13(20)16-8-10-4-6-11(15)7-5-10/h4-7H,8-9H2,1-3H3,(H,18,19)(H2,16,17,20). The average Bonchev–Trinajstić information content (AvgIpc) is 2.33. The van der Waals surface area contributed by atoms with Gasteiger partial charge < -0.3 is 16.0 Å². The number of amides is 3. The molecular weight excluding hydrogens is 278 g/mol.